The van der Waals surface area contributed by atoms with Crippen molar-refractivity contribution in [3.05, 3.63) is 120 Å². The van der Waals surface area contributed by atoms with Crippen molar-refractivity contribution in [1.29, 1.82) is 0 Å². The van der Waals surface area contributed by atoms with E-state index >= 15 is 0 Å². The van der Waals surface area contributed by atoms with Gasteiger partial charge in [-0.15, -0.1) is 0 Å². The first kappa shape index (κ1) is 28.4. The Hall–Kier alpha value is -4.09. The normalized spacial score (nSPS) is 12.0. The molecule has 0 saturated carbocycles. The minimum atomic E-state index is 0.918. The van der Waals surface area contributed by atoms with Gasteiger partial charge in [-0.3, -0.25) is 0 Å². The molecule has 8 bridgehead atoms. The van der Waals surface area contributed by atoms with Gasteiger partial charge in [-0.25, -0.2) is 9.97 Å². The summed E-state index contributed by atoms with van der Waals surface area (Å²) in [5.41, 5.74) is 14.6. The summed E-state index contributed by atoms with van der Waals surface area (Å²) in [4.78, 5) is 17.6. The summed E-state index contributed by atoms with van der Waals surface area (Å²) < 4.78 is 1.05. The van der Waals surface area contributed by atoms with Crippen molar-refractivity contribution in [3.63, 3.8) is 0 Å². The van der Waals surface area contributed by atoms with E-state index in [9.17, 15) is 0 Å². The molecule has 0 aromatic carbocycles. The van der Waals surface area contributed by atoms with Gasteiger partial charge < -0.3 is 9.97 Å². The number of aromatic amines is 2. The fourth-order valence-electron chi connectivity index (χ4n) is 5.51. The van der Waals surface area contributed by atoms with Crippen molar-refractivity contribution in [2.24, 2.45) is 0 Å². The topological polar surface area (TPSA) is 57.4 Å². The van der Waals surface area contributed by atoms with Crippen LogP contribution in [0.5, 0.6) is 0 Å². The number of hydrogen-bond acceptors (Lipinski definition) is 6. The molecular formula is C36H23CoN4S4. The van der Waals surface area contributed by atoms with Gasteiger partial charge in [-0.2, -0.15) is 34.0 Å². The Morgan fingerprint density at radius 1 is 0.489 bits per heavy atom. The van der Waals surface area contributed by atoms with Crippen LogP contribution < -0.4 is 4.50 Å². The van der Waals surface area contributed by atoms with E-state index in [0.717, 1.165) is 82.7 Å². The van der Waals surface area contributed by atoms with Crippen LogP contribution in [0.15, 0.2) is 97.6 Å². The van der Waals surface area contributed by atoms with E-state index in [0.29, 0.717) is 0 Å². The molecule has 7 aromatic heterocycles. The number of fused-ring (bicyclic) bond motifs is 8. The fraction of sp³-hybridized carbons (Fsp3) is 0. The van der Waals surface area contributed by atoms with Crippen LogP contribution in [0.25, 0.3) is 79.8 Å². The van der Waals surface area contributed by atoms with Gasteiger partial charge in [-0.1, -0.05) is 0 Å². The number of hydrogen-bond donors (Lipinski definition) is 2. The summed E-state index contributed by atoms with van der Waals surface area (Å²) in [7, 11) is 0. The molecule has 2 aliphatic heterocycles. The van der Waals surface area contributed by atoms with Crippen molar-refractivity contribution >= 4 is 96.2 Å². The minimum absolute atomic E-state index is 0.918. The predicted molar refractivity (Wildman–Crippen MR) is 193 cm³/mol. The maximum absolute atomic E-state index is 5.23. The van der Waals surface area contributed by atoms with Gasteiger partial charge >= 0.3 is 48.4 Å². The molecule has 0 fully saturated rings. The Balaban J connectivity index is 0.000000452. The molecule has 0 amide bonds. The second-order valence-electron chi connectivity index (χ2n) is 10.3. The van der Waals surface area contributed by atoms with Crippen molar-refractivity contribution in [2.45, 2.75) is 0 Å². The third-order valence-corrected chi connectivity index (χ3v) is 10.7. The summed E-state index contributed by atoms with van der Waals surface area (Å²) in [6.45, 7) is 0. The van der Waals surface area contributed by atoms with Gasteiger partial charge in [-0.05, 0) is 122 Å². The van der Waals surface area contributed by atoms with Crippen molar-refractivity contribution in [3.8, 4) is 33.4 Å². The van der Waals surface area contributed by atoms with Crippen LogP contribution in [-0.4, -0.2) is 19.9 Å². The molecule has 2 N–H and O–H groups in total. The molecular weight excluding hydrogens is 676 g/mol. The van der Waals surface area contributed by atoms with E-state index in [1.54, 1.807) is 45.3 Å². The molecule has 220 valence electrons. The number of nitrogens with zero attached hydrogens (tertiary/aromatic N) is 2. The van der Waals surface area contributed by atoms with Crippen LogP contribution in [0.1, 0.15) is 22.8 Å². The van der Waals surface area contributed by atoms with Gasteiger partial charge in [0, 0.05) is 38.8 Å². The molecule has 4 nitrogen and oxygen atoms in total. The molecule has 45 heavy (non-hydrogen) atoms. The quantitative estimate of drug-likeness (QED) is 0.193. The first-order valence-electron chi connectivity index (χ1n) is 14.1. The van der Waals surface area contributed by atoms with E-state index in [2.05, 4.69) is 131 Å². The van der Waals surface area contributed by atoms with Gasteiger partial charge in [0.1, 0.15) is 0 Å². The molecule has 0 aliphatic carbocycles. The number of thiophene rings is 4. The number of nitrogens with one attached hydrogen (secondary N) is 2. The van der Waals surface area contributed by atoms with Crippen LogP contribution in [0, 0.1) is 0 Å². The first-order valence-corrected chi connectivity index (χ1v) is 18.4. The van der Waals surface area contributed by atoms with Gasteiger partial charge in [0.15, 0.2) is 0 Å². The number of rotatable bonds is 3. The van der Waals surface area contributed by atoms with Crippen LogP contribution in [0.4, 0.5) is 0 Å². The molecule has 0 unspecified atom stereocenters. The summed E-state index contributed by atoms with van der Waals surface area (Å²) in [5.74, 6) is 0. The van der Waals surface area contributed by atoms with E-state index < -0.39 is 0 Å². The molecule has 0 spiro atoms. The van der Waals surface area contributed by atoms with Gasteiger partial charge in [0.05, 0.1) is 22.8 Å². The zero-order valence-corrected chi connectivity index (χ0v) is 27.8. The Kier molecular flexibility index (Phi) is 7.80. The van der Waals surface area contributed by atoms with Crippen LogP contribution >= 0.6 is 45.3 Å². The van der Waals surface area contributed by atoms with Gasteiger partial charge in [0.25, 0.3) is 0 Å². The van der Waals surface area contributed by atoms with Crippen LogP contribution in [0.2, 0.25) is 0 Å². The maximum atomic E-state index is 5.23. The standard InChI is InChI=1S/C32H20N4S3.C4H3S.Co/c1-3-24-30(19-9-12-37-16-19)26-5-7-28(35-26)32(21-11-14-39-18-21)29-8-6-27(36-29)31(20-10-13-38-17-20)25-4-2-23(34-25)15-22(1)33-24;1-2-4-5-3-1;/h1-18,33,36H;1,3-4H;. The summed E-state index contributed by atoms with van der Waals surface area (Å²) in [5, 5.41) is 16.9. The molecule has 0 atom stereocenters. The van der Waals surface area contributed by atoms with E-state index in [1.807, 2.05) is 16.8 Å². The van der Waals surface area contributed by atoms with E-state index in [4.69, 9.17) is 9.97 Å². The second kappa shape index (κ2) is 12.4. The number of H-pyrrole nitrogens is 2. The van der Waals surface area contributed by atoms with E-state index in [-0.39, 0.29) is 0 Å². The molecule has 9 rings (SSSR count). The molecule has 2 aliphatic rings. The SMILES string of the molecule is C1=Cc2nc1cc1ccc([nH]1)c(-c1ccsc1)c1nc(c(-c3ccsc3)c3ccc([nH]3)c2-c2ccsc2)C=C1.[Co][c]1ccsc1. The zero-order chi connectivity index (χ0) is 30.2. The molecule has 9 heterocycles. The summed E-state index contributed by atoms with van der Waals surface area (Å²) >= 11 is 10.8. The third kappa shape index (κ3) is 5.74. The second-order valence-corrected chi connectivity index (χ2v) is 14.0. The Morgan fingerprint density at radius 2 is 0.978 bits per heavy atom. The molecule has 0 saturated heterocycles. The molecule has 0 radical (unpaired) electrons. The van der Waals surface area contributed by atoms with Crippen molar-refractivity contribution in [1.82, 2.24) is 19.9 Å². The first-order chi connectivity index (χ1) is 22.2. The zero-order valence-electron chi connectivity index (χ0n) is 23.5. The van der Waals surface area contributed by atoms with Crippen LogP contribution in [0.3, 0.4) is 0 Å². The van der Waals surface area contributed by atoms with Gasteiger partial charge in [0.2, 0.25) is 0 Å². The van der Waals surface area contributed by atoms with E-state index in [1.165, 1.54) is 0 Å². The Labute approximate surface area is 283 Å². The predicted octanol–water partition coefficient (Wildman–Crippen LogP) is 10.8. The Bertz CT molecular complexity index is 2290. The average molecular weight is 699 g/mol. The monoisotopic (exact) mass is 698 g/mol. The number of aromatic nitrogens is 4. The van der Waals surface area contributed by atoms with Crippen molar-refractivity contribution < 1.29 is 15.7 Å². The Morgan fingerprint density at radius 3 is 1.47 bits per heavy atom. The summed E-state index contributed by atoms with van der Waals surface area (Å²) in [6.07, 6.45) is 8.46. The third-order valence-electron chi connectivity index (χ3n) is 7.48. The fourth-order valence-corrected chi connectivity index (χ4v) is 8.36. The van der Waals surface area contributed by atoms with Crippen molar-refractivity contribution in [2.75, 3.05) is 0 Å². The van der Waals surface area contributed by atoms with Crippen LogP contribution in [-0.2, 0) is 15.7 Å². The molecule has 7 aromatic rings. The molecule has 9 heteroatoms. The summed E-state index contributed by atoms with van der Waals surface area (Å²) in [6, 6.07) is 19.1. The average Bonchev–Trinajstić information content (AvgIpc) is 3.88.